The molecule has 0 aromatic carbocycles. The number of hydrogen-bond acceptors (Lipinski definition) is 2. The number of alkyl halides is 1. The summed E-state index contributed by atoms with van der Waals surface area (Å²) in [6.45, 7) is 12.6. The van der Waals surface area contributed by atoms with Gasteiger partial charge in [-0.15, -0.1) is 23.4 Å². The van der Waals surface area contributed by atoms with Crippen LogP contribution >= 0.6 is 36.0 Å². The molecule has 0 rings (SSSR count). The van der Waals surface area contributed by atoms with E-state index < -0.39 is 0 Å². The van der Waals surface area contributed by atoms with Gasteiger partial charge in [0.05, 0.1) is 5.21 Å². The van der Waals surface area contributed by atoms with Crippen molar-refractivity contribution in [2.45, 2.75) is 51.0 Å². The van der Waals surface area contributed by atoms with Crippen LogP contribution in [0.4, 0.5) is 0 Å². The van der Waals surface area contributed by atoms with E-state index in [9.17, 15) is 0 Å². The maximum atomic E-state index is 5.45. The van der Waals surface area contributed by atoms with E-state index in [0.717, 1.165) is 0 Å². The van der Waals surface area contributed by atoms with Crippen molar-refractivity contribution in [3.63, 3.8) is 0 Å². The van der Waals surface area contributed by atoms with Crippen molar-refractivity contribution in [1.29, 1.82) is 0 Å². The second kappa shape index (κ2) is 6.44. The van der Waals surface area contributed by atoms with E-state index in [1.807, 2.05) is 0 Å². The quantitative estimate of drug-likeness (QED) is 0.512. The average molecular weight is 229 g/mol. The average Bonchev–Trinajstić information content (AvgIpc) is 1.54. The number of rotatable bonds is 1. The van der Waals surface area contributed by atoms with E-state index in [-0.39, 0.29) is 4.75 Å². The summed E-state index contributed by atoms with van der Waals surface area (Å²) < 4.78 is 0.530. The molecule has 0 bridgehead atoms. The molecule has 0 aliphatic heterocycles. The minimum Gasteiger partial charge on any atom is -0.173 e. The Morgan fingerprint density at radius 2 is 1.33 bits per heavy atom. The minimum absolute atomic E-state index is 0.194. The molecule has 0 amide bonds. The van der Waals surface area contributed by atoms with Gasteiger partial charge in [-0.2, -0.15) is 12.6 Å². The summed E-state index contributed by atoms with van der Waals surface area (Å²) in [4.78, 5) is 0. The highest BCUT2D eigenvalue weighted by Gasteiger charge is 2.07. The highest BCUT2D eigenvalue weighted by Crippen LogP contribution is 2.23. The Kier molecular flexibility index (Phi) is 8.30. The number of thiol groups is 1. The maximum Gasteiger partial charge on any atom is 0.0685 e. The van der Waals surface area contributed by atoms with Crippen LogP contribution in [0, 0.1) is 0 Å². The van der Waals surface area contributed by atoms with Crippen molar-refractivity contribution >= 4 is 36.0 Å². The lowest BCUT2D eigenvalue weighted by molar-refractivity contribution is 0.805. The van der Waals surface area contributed by atoms with Gasteiger partial charge in [-0.3, -0.25) is 0 Å². The fourth-order valence-electron chi connectivity index (χ4n) is 0.164. The van der Waals surface area contributed by atoms with Crippen LogP contribution in [0.3, 0.4) is 0 Å². The molecule has 0 saturated heterocycles. The van der Waals surface area contributed by atoms with Crippen LogP contribution < -0.4 is 0 Å². The molecule has 0 atom stereocenters. The van der Waals surface area contributed by atoms with Crippen LogP contribution in [0.1, 0.15) is 41.5 Å². The van der Waals surface area contributed by atoms with Crippen LogP contribution in [-0.2, 0) is 0 Å². The van der Waals surface area contributed by atoms with Gasteiger partial charge in [0, 0.05) is 9.49 Å². The van der Waals surface area contributed by atoms with Gasteiger partial charge in [0.2, 0.25) is 0 Å². The molecule has 0 aromatic rings. The molecule has 3 heteroatoms. The Labute approximate surface area is 92.2 Å². The van der Waals surface area contributed by atoms with Crippen molar-refractivity contribution in [1.82, 2.24) is 0 Å². The summed E-state index contributed by atoms with van der Waals surface area (Å²) in [5.41, 5.74) is 0. The van der Waals surface area contributed by atoms with E-state index >= 15 is 0 Å². The van der Waals surface area contributed by atoms with Crippen LogP contribution in [0.25, 0.3) is 0 Å². The summed E-state index contributed by atoms with van der Waals surface area (Å²) in [7, 11) is 0. The monoisotopic (exact) mass is 228 g/mol. The highest BCUT2D eigenvalue weighted by molar-refractivity contribution is 8.01. The molecule has 0 nitrogen and oxygen atoms in total. The highest BCUT2D eigenvalue weighted by atomic mass is 35.5. The lowest BCUT2D eigenvalue weighted by Crippen LogP contribution is -2.06. The van der Waals surface area contributed by atoms with Crippen LogP contribution in [0.2, 0.25) is 0 Å². The third-order valence-electron chi connectivity index (χ3n) is 0.488. The SMILES string of the molecule is CC(C)(C)S.CC(C)(C)SCCl. The first-order chi connectivity index (χ1) is 5.06. The predicted octanol–water partition coefficient (Wildman–Crippen LogP) is 4.43. The van der Waals surface area contributed by atoms with Gasteiger partial charge in [-0.05, 0) is 0 Å². The molecule has 0 spiro atoms. The number of hydrogen-bond donors (Lipinski definition) is 1. The Bertz CT molecular complexity index is 94.1. The Morgan fingerprint density at radius 3 is 1.33 bits per heavy atom. The fraction of sp³-hybridized carbons (Fsp3) is 1.00. The lowest BCUT2D eigenvalue weighted by Gasteiger charge is -2.14. The predicted molar refractivity (Wildman–Crippen MR) is 66.8 cm³/mol. The van der Waals surface area contributed by atoms with Crippen molar-refractivity contribution < 1.29 is 0 Å². The number of halogens is 1. The second-order valence-electron chi connectivity index (χ2n) is 4.54. The maximum absolute atomic E-state index is 5.45. The van der Waals surface area contributed by atoms with Crippen LogP contribution in [0.5, 0.6) is 0 Å². The standard InChI is InChI=1S/C5H11ClS.C4H10S/c1-5(2,3)7-4-6;1-4(2,3)5/h4H2,1-3H3;5H,1-3H3. The van der Waals surface area contributed by atoms with Gasteiger partial charge in [0.1, 0.15) is 0 Å². The first-order valence-corrected chi connectivity index (χ1v) is 5.95. The van der Waals surface area contributed by atoms with Gasteiger partial charge >= 0.3 is 0 Å². The molecular weight excluding hydrogens is 208 g/mol. The zero-order valence-electron chi connectivity index (χ0n) is 8.94. The molecule has 76 valence electrons. The Balaban J connectivity index is 0. The van der Waals surface area contributed by atoms with Gasteiger partial charge in [0.15, 0.2) is 0 Å². The summed E-state index contributed by atoms with van der Waals surface area (Å²) in [6, 6.07) is 0. The van der Waals surface area contributed by atoms with Gasteiger partial charge in [-0.1, -0.05) is 41.5 Å². The molecule has 0 N–H and O–H groups in total. The topological polar surface area (TPSA) is 0 Å². The number of thioether (sulfide) groups is 1. The van der Waals surface area contributed by atoms with Crippen LogP contribution in [0.15, 0.2) is 0 Å². The summed E-state index contributed by atoms with van der Waals surface area (Å²) in [5.74, 6) is 0. The molecule has 0 fully saturated rings. The van der Waals surface area contributed by atoms with Crippen LogP contribution in [-0.4, -0.2) is 14.7 Å². The van der Waals surface area contributed by atoms with E-state index in [4.69, 9.17) is 11.6 Å². The van der Waals surface area contributed by atoms with E-state index in [1.165, 1.54) is 0 Å². The fourth-order valence-corrected chi connectivity index (χ4v) is 1.47. The third-order valence-corrected chi connectivity index (χ3v) is 1.79. The largest absolute Gasteiger partial charge is 0.173 e. The van der Waals surface area contributed by atoms with E-state index in [2.05, 4.69) is 54.2 Å². The van der Waals surface area contributed by atoms with Crippen molar-refractivity contribution in [3.8, 4) is 0 Å². The van der Waals surface area contributed by atoms with Gasteiger partial charge in [-0.25, -0.2) is 0 Å². The van der Waals surface area contributed by atoms with Crippen molar-refractivity contribution in [2.75, 3.05) is 5.21 Å². The summed E-state index contributed by atoms with van der Waals surface area (Å²) in [6.07, 6.45) is 0. The summed E-state index contributed by atoms with van der Waals surface area (Å²) in [5, 5.41) is 0.698. The Hall–Kier alpha value is 0.990. The van der Waals surface area contributed by atoms with Gasteiger partial charge in [0.25, 0.3) is 0 Å². The lowest BCUT2D eigenvalue weighted by atomic mass is 10.3. The zero-order chi connectivity index (χ0) is 10.4. The second-order valence-corrected chi connectivity index (χ2v) is 8.26. The molecule has 0 radical (unpaired) electrons. The van der Waals surface area contributed by atoms with E-state index in [0.29, 0.717) is 9.96 Å². The zero-order valence-corrected chi connectivity index (χ0v) is 11.4. The molecule has 0 heterocycles. The molecule has 12 heavy (non-hydrogen) atoms. The normalized spacial score (nSPS) is 12.0. The van der Waals surface area contributed by atoms with Gasteiger partial charge < -0.3 is 0 Å². The first-order valence-electron chi connectivity index (χ1n) is 3.98. The Morgan fingerprint density at radius 1 is 1.08 bits per heavy atom. The van der Waals surface area contributed by atoms with E-state index in [1.54, 1.807) is 11.8 Å². The van der Waals surface area contributed by atoms with Crippen molar-refractivity contribution in [2.24, 2.45) is 0 Å². The van der Waals surface area contributed by atoms with Crippen molar-refractivity contribution in [3.05, 3.63) is 0 Å². The first kappa shape index (κ1) is 15.5. The third kappa shape index (κ3) is 44.0. The minimum atomic E-state index is 0.194. The summed E-state index contributed by atoms with van der Waals surface area (Å²) >= 11 is 11.3. The molecule has 0 aliphatic rings. The molecule has 0 unspecified atom stereocenters. The smallest absolute Gasteiger partial charge is 0.0685 e. The molecule has 0 aromatic heterocycles. The molecule has 0 aliphatic carbocycles. The molecule has 0 saturated carbocycles. The molecular formula is C9H21ClS2.